The van der Waals surface area contributed by atoms with Gasteiger partial charge in [0.2, 0.25) is 0 Å². The second kappa shape index (κ2) is 5.31. The van der Waals surface area contributed by atoms with E-state index in [2.05, 4.69) is 86.5 Å². The molecule has 110 valence electrons. The highest BCUT2D eigenvalue weighted by atomic mass is 15.2. The SMILES string of the molecule is CN1C(C)(c2ccccc2)CCCC1(C)c1ccccc1. The number of likely N-dealkylation sites (tertiary alicyclic amines) is 1. The van der Waals surface area contributed by atoms with Gasteiger partial charge in [-0.05, 0) is 51.3 Å². The number of piperidine rings is 1. The van der Waals surface area contributed by atoms with E-state index in [1.54, 1.807) is 0 Å². The van der Waals surface area contributed by atoms with Gasteiger partial charge in [0.05, 0.1) is 0 Å². The van der Waals surface area contributed by atoms with Crippen molar-refractivity contribution in [2.75, 3.05) is 7.05 Å². The first-order valence-corrected chi connectivity index (χ1v) is 7.92. The molecule has 0 aromatic heterocycles. The summed E-state index contributed by atoms with van der Waals surface area (Å²) in [5, 5.41) is 0. The molecule has 1 aliphatic rings. The summed E-state index contributed by atoms with van der Waals surface area (Å²) in [6, 6.07) is 21.9. The molecule has 0 saturated carbocycles. The summed E-state index contributed by atoms with van der Waals surface area (Å²) in [4.78, 5) is 2.59. The van der Waals surface area contributed by atoms with Crippen LogP contribution in [0.5, 0.6) is 0 Å². The lowest BCUT2D eigenvalue weighted by Gasteiger charge is -2.54. The van der Waals surface area contributed by atoms with Crippen LogP contribution in [0.25, 0.3) is 0 Å². The van der Waals surface area contributed by atoms with Gasteiger partial charge in [-0.25, -0.2) is 0 Å². The van der Waals surface area contributed by atoms with Crippen molar-refractivity contribution in [3.05, 3.63) is 71.8 Å². The molecule has 0 N–H and O–H groups in total. The molecule has 0 radical (unpaired) electrons. The van der Waals surface area contributed by atoms with Gasteiger partial charge in [0.15, 0.2) is 0 Å². The van der Waals surface area contributed by atoms with Crippen LogP contribution < -0.4 is 0 Å². The molecule has 1 fully saturated rings. The highest BCUT2D eigenvalue weighted by Crippen LogP contribution is 2.47. The van der Waals surface area contributed by atoms with Gasteiger partial charge >= 0.3 is 0 Å². The highest BCUT2D eigenvalue weighted by Gasteiger charge is 2.45. The second-order valence-corrected chi connectivity index (χ2v) is 6.69. The summed E-state index contributed by atoms with van der Waals surface area (Å²) in [5.74, 6) is 0. The Morgan fingerprint density at radius 3 is 1.48 bits per heavy atom. The molecule has 1 heteroatoms. The van der Waals surface area contributed by atoms with E-state index < -0.39 is 0 Å². The van der Waals surface area contributed by atoms with Gasteiger partial charge in [0, 0.05) is 11.1 Å². The molecule has 2 unspecified atom stereocenters. The average molecular weight is 279 g/mol. The van der Waals surface area contributed by atoms with Gasteiger partial charge in [-0.2, -0.15) is 0 Å². The van der Waals surface area contributed by atoms with E-state index in [0.717, 1.165) is 0 Å². The van der Waals surface area contributed by atoms with E-state index in [0.29, 0.717) is 0 Å². The molecule has 1 saturated heterocycles. The number of rotatable bonds is 2. The molecule has 3 rings (SSSR count). The topological polar surface area (TPSA) is 3.24 Å². The fourth-order valence-corrected chi connectivity index (χ4v) is 3.93. The minimum Gasteiger partial charge on any atom is -0.287 e. The summed E-state index contributed by atoms with van der Waals surface area (Å²) in [6.07, 6.45) is 3.70. The van der Waals surface area contributed by atoms with E-state index in [1.165, 1.54) is 30.4 Å². The van der Waals surface area contributed by atoms with Crippen molar-refractivity contribution in [3.8, 4) is 0 Å². The molecular formula is C20H25N. The predicted octanol–water partition coefficient (Wildman–Crippen LogP) is 4.93. The lowest BCUT2D eigenvalue weighted by Crippen LogP contribution is -2.55. The summed E-state index contributed by atoms with van der Waals surface area (Å²) < 4.78 is 0. The van der Waals surface area contributed by atoms with E-state index in [9.17, 15) is 0 Å². The third-order valence-electron chi connectivity index (χ3n) is 5.60. The number of nitrogens with zero attached hydrogens (tertiary/aromatic N) is 1. The zero-order chi connectivity index (χ0) is 14.9. The first-order chi connectivity index (χ1) is 10.1. The standard InChI is InChI=1S/C20H25N/c1-19(17-11-6-4-7-12-17)15-10-16-20(2,21(19)3)18-13-8-5-9-14-18/h4-9,11-14H,10,15-16H2,1-3H3. The van der Waals surface area contributed by atoms with Crippen molar-refractivity contribution in [2.45, 2.75) is 44.2 Å². The van der Waals surface area contributed by atoms with Gasteiger partial charge in [-0.3, -0.25) is 4.90 Å². The monoisotopic (exact) mass is 279 g/mol. The molecule has 1 heterocycles. The van der Waals surface area contributed by atoms with Crippen LogP contribution in [0.1, 0.15) is 44.2 Å². The molecule has 2 aromatic carbocycles. The Morgan fingerprint density at radius 2 is 1.10 bits per heavy atom. The zero-order valence-corrected chi connectivity index (χ0v) is 13.3. The highest BCUT2D eigenvalue weighted by molar-refractivity contribution is 5.30. The normalized spacial score (nSPS) is 30.2. The van der Waals surface area contributed by atoms with E-state index in [1.807, 2.05) is 0 Å². The Morgan fingerprint density at radius 1 is 0.714 bits per heavy atom. The minimum absolute atomic E-state index is 0.101. The molecule has 1 aliphatic heterocycles. The van der Waals surface area contributed by atoms with E-state index in [4.69, 9.17) is 0 Å². The number of hydrogen-bond donors (Lipinski definition) is 0. The van der Waals surface area contributed by atoms with Crippen molar-refractivity contribution >= 4 is 0 Å². The molecule has 0 aliphatic carbocycles. The Labute approximate surface area is 128 Å². The molecule has 0 bridgehead atoms. The maximum absolute atomic E-state index is 2.59. The quantitative estimate of drug-likeness (QED) is 0.753. The smallest absolute Gasteiger partial charge is 0.0438 e. The van der Waals surface area contributed by atoms with Crippen LogP contribution in [-0.4, -0.2) is 11.9 Å². The molecule has 2 atom stereocenters. The Bertz CT molecular complexity index is 538. The molecular weight excluding hydrogens is 254 g/mol. The van der Waals surface area contributed by atoms with E-state index in [-0.39, 0.29) is 11.1 Å². The third kappa shape index (κ3) is 2.30. The summed E-state index contributed by atoms with van der Waals surface area (Å²) in [5.41, 5.74) is 3.05. The molecule has 0 amide bonds. The lowest BCUT2D eigenvalue weighted by molar-refractivity contribution is -0.0315. The van der Waals surface area contributed by atoms with Crippen molar-refractivity contribution in [1.82, 2.24) is 4.90 Å². The lowest BCUT2D eigenvalue weighted by atomic mass is 9.72. The second-order valence-electron chi connectivity index (χ2n) is 6.69. The largest absolute Gasteiger partial charge is 0.287 e. The summed E-state index contributed by atoms with van der Waals surface area (Å²) >= 11 is 0. The zero-order valence-electron chi connectivity index (χ0n) is 13.3. The van der Waals surface area contributed by atoms with Crippen LogP contribution in [0.4, 0.5) is 0 Å². The average Bonchev–Trinajstić information content (AvgIpc) is 2.54. The van der Waals surface area contributed by atoms with E-state index >= 15 is 0 Å². The van der Waals surface area contributed by atoms with Gasteiger partial charge in [0.1, 0.15) is 0 Å². The van der Waals surface area contributed by atoms with Crippen LogP contribution in [0.2, 0.25) is 0 Å². The van der Waals surface area contributed by atoms with Gasteiger partial charge < -0.3 is 0 Å². The Kier molecular flexibility index (Phi) is 3.62. The summed E-state index contributed by atoms with van der Waals surface area (Å²) in [7, 11) is 2.29. The van der Waals surface area contributed by atoms with Crippen molar-refractivity contribution < 1.29 is 0 Å². The Balaban J connectivity index is 2.03. The fourth-order valence-electron chi connectivity index (χ4n) is 3.93. The van der Waals surface area contributed by atoms with Crippen LogP contribution in [0.15, 0.2) is 60.7 Å². The fraction of sp³-hybridized carbons (Fsp3) is 0.400. The van der Waals surface area contributed by atoms with Crippen LogP contribution in [0, 0.1) is 0 Å². The van der Waals surface area contributed by atoms with Crippen molar-refractivity contribution in [3.63, 3.8) is 0 Å². The van der Waals surface area contributed by atoms with Crippen LogP contribution in [-0.2, 0) is 11.1 Å². The molecule has 21 heavy (non-hydrogen) atoms. The maximum Gasteiger partial charge on any atom is 0.0438 e. The van der Waals surface area contributed by atoms with Crippen LogP contribution in [0.3, 0.4) is 0 Å². The number of benzene rings is 2. The van der Waals surface area contributed by atoms with Crippen molar-refractivity contribution in [1.29, 1.82) is 0 Å². The molecule has 0 spiro atoms. The first-order valence-electron chi connectivity index (χ1n) is 7.92. The van der Waals surface area contributed by atoms with Gasteiger partial charge in [0.25, 0.3) is 0 Å². The maximum atomic E-state index is 2.59. The first kappa shape index (κ1) is 14.3. The molecule has 1 nitrogen and oxygen atoms in total. The number of hydrogen-bond acceptors (Lipinski definition) is 1. The Hall–Kier alpha value is -1.60. The van der Waals surface area contributed by atoms with Gasteiger partial charge in [-0.15, -0.1) is 0 Å². The third-order valence-corrected chi connectivity index (χ3v) is 5.60. The van der Waals surface area contributed by atoms with Gasteiger partial charge in [-0.1, -0.05) is 60.7 Å². The summed E-state index contributed by atoms with van der Waals surface area (Å²) in [6.45, 7) is 4.78. The molecule has 2 aromatic rings. The van der Waals surface area contributed by atoms with Crippen molar-refractivity contribution in [2.24, 2.45) is 0 Å². The predicted molar refractivity (Wildman–Crippen MR) is 89.2 cm³/mol. The minimum atomic E-state index is 0.101. The van der Waals surface area contributed by atoms with Crippen LogP contribution >= 0.6 is 0 Å².